The van der Waals surface area contributed by atoms with Gasteiger partial charge in [0.25, 0.3) is 0 Å². The number of hydrogen-bond donors (Lipinski definition) is 1. The predicted molar refractivity (Wildman–Crippen MR) is 84.2 cm³/mol. The Labute approximate surface area is 122 Å². The number of rotatable bonds is 4. The van der Waals surface area contributed by atoms with Gasteiger partial charge in [-0.1, -0.05) is 23.8 Å². The smallest absolute Gasteiger partial charge is 0.123 e. The third-order valence-corrected chi connectivity index (χ3v) is 3.41. The quantitative estimate of drug-likeness (QED) is 0.831. The molecule has 2 nitrogen and oxygen atoms in total. The van der Waals surface area contributed by atoms with E-state index >= 15 is 0 Å². The van der Waals surface area contributed by atoms with Gasteiger partial charge in [0.15, 0.2) is 0 Å². The van der Waals surface area contributed by atoms with Crippen molar-refractivity contribution in [3.8, 4) is 5.75 Å². The summed E-state index contributed by atoms with van der Waals surface area (Å²) in [6.45, 7) is 2.86. The monoisotopic (exact) mass is 353 g/mol. The molecule has 0 bridgehead atoms. The maximum Gasteiger partial charge on any atom is 0.123 e. The third-order valence-electron chi connectivity index (χ3n) is 2.74. The van der Waals surface area contributed by atoms with Crippen LogP contribution in [0.25, 0.3) is 0 Å². The average Bonchev–Trinajstić information content (AvgIpc) is 2.37. The molecule has 3 heteroatoms. The number of hydrogen-bond acceptors (Lipinski definition) is 2. The van der Waals surface area contributed by atoms with Gasteiger partial charge in [0.05, 0.1) is 7.11 Å². The minimum Gasteiger partial charge on any atom is -0.496 e. The van der Waals surface area contributed by atoms with Crippen molar-refractivity contribution in [3.63, 3.8) is 0 Å². The molecule has 0 amide bonds. The first-order chi connectivity index (χ1) is 8.69. The van der Waals surface area contributed by atoms with Crippen molar-refractivity contribution in [2.75, 3.05) is 12.4 Å². The highest BCUT2D eigenvalue weighted by molar-refractivity contribution is 14.1. The van der Waals surface area contributed by atoms with Crippen LogP contribution in [0, 0.1) is 10.5 Å². The predicted octanol–water partition coefficient (Wildman–Crippen LogP) is 4.22. The standard InChI is InChI=1S/C15H16INO/c1-11-6-7-15(18-2)12(8-11)10-17-14-5-3-4-13(16)9-14/h3-9,17H,10H2,1-2H3. The Morgan fingerprint density at radius 2 is 2.00 bits per heavy atom. The fourth-order valence-electron chi connectivity index (χ4n) is 1.84. The van der Waals surface area contributed by atoms with Crippen molar-refractivity contribution in [1.82, 2.24) is 0 Å². The van der Waals surface area contributed by atoms with Gasteiger partial charge in [-0.2, -0.15) is 0 Å². The van der Waals surface area contributed by atoms with Gasteiger partial charge in [0.2, 0.25) is 0 Å². The molecule has 0 aromatic heterocycles. The van der Waals surface area contributed by atoms with Crippen LogP contribution in [-0.4, -0.2) is 7.11 Å². The topological polar surface area (TPSA) is 21.3 Å². The largest absolute Gasteiger partial charge is 0.496 e. The van der Waals surface area contributed by atoms with Gasteiger partial charge >= 0.3 is 0 Å². The van der Waals surface area contributed by atoms with E-state index in [-0.39, 0.29) is 0 Å². The second-order valence-corrected chi connectivity index (χ2v) is 5.42. The van der Waals surface area contributed by atoms with Gasteiger partial charge in [0, 0.05) is 21.4 Å². The van der Waals surface area contributed by atoms with E-state index in [1.807, 2.05) is 6.07 Å². The second kappa shape index (κ2) is 6.09. The number of nitrogens with one attached hydrogen (secondary N) is 1. The lowest BCUT2D eigenvalue weighted by Crippen LogP contribution is -2.02. The van der Waals surface area contributed by atoms with Gasteiger partial charge < -0.3 is 10.1 Å². The normalized spacial score (nSPS) is 10.2. The third kappa shape index (κ3) is 3.38. The van der Waals surface area contributed by atoms with Crippen LogP contribution in [0.4, 0.5) is 5.69 Å². The van der Waals surface area contributed by atoms with Crippen molar-refractivity contribution < 1.29 is 4.74 Å². The lowest BCUT2D eigenvalue weighted by molar-refractivity contribution is 0.410. The molecule has 94 valence electrons. The van der Waals surface area contributed by atoms with Gasteiger partial charge in [-0.3, -0.25) is 0 Å². The number of ether oxygens (including phenoxy) is 1. The Balaban J connectivity index is 2.12. The van der Waals surface area contributed by atoms with Crippen molar-refractivity contribution in [3.05, 3.63) is 57.2 Å². The molecule has 2 aromatic carbocycles. The molecule has 0 heterocycles. The Kier molecular flexibility index (Phi) is 4.47. The van der Waals surface area contributed by atoms with E-state index in [0.717, 1.165) is 18.0 Å². The van der Waals surface area contributed by atoms with Crippen LogP contribution >= 0.6 is 22.6 Å². The van der Waals surface area contributed by atoms with Crippen LogP contribution in [0.15, 0.2) is 42.5 Å². The summed E-state index contributed by atoms with van der Waals surface area (Å²) >= 11 is 2.31. The molecule has 2 aromatic rings. The van der Waals surface area contributed by atoms with Gasteiger partial charge in [0.1, 0.15) is 5.75 Å². The molecule has 0 saturated heterocycles. The van der Waals surface area contributed by atoms with Gasteiger partial charge in [-0.15, -0.1) is 0 Å². The first-order valence-corrected chi connectivity index (χ1v) is 6.90. The van der Waals surface area contributed by atoms with E-state index in [9.17, 15) is 0 Å². The number of benzene rings is 2. The molecule has 0 fully saturated rings. The highest BCUT2D eigenvalue weighted by Gasteiger charge is 2.03. The summed E-state index contributed by atoms with van der Waals surface area (Å²) in [7, 11) is 1.71. The molecule has 18 heavy (non-hydrogen) atoms. The molecule has 0 saturated carbocycles. The van der Waals surface area contributed by atoms with Crippen molar-refractivity contribution in [2.45, 2.75) is 13.5 Å². The fourth-order valence-corrected chi connectivity index (χ4v) is 2.38. The van der Waals surface area contributed by atoms with E-state index in [1.165, 1.54) is 14.7 Å². The van der Waals surface area contributed by atoms with Crippen molar-refractivity contribution in [2.24, 2.45) is 0 Å². The Morgan fingerprint density at radius 1 is 1.17 bits per heavy atom. The first-order valence-electron chi connectivity index (χ1n) is 5.82. The molecule has 0 radical (unpaired) electrons. The van der Waals surface area contributed by atoms with E-state index in [1.54, 1.807) is 7.11 Å². The second-order valence-electron chi connectivity index (χ2n) is 4.18. The molecule has 0 atom stereocenters. The average molecular weight is 353 g/mol. The number of aryl methyl sites for hydroxylation is 1. The molecular weight excluding hydrogens is 337 g/mol. The molecule has 0 aliphatic heterocycles. The molecule has 1 N–H and O–H groups in total. The van der Waals surface area contributed by atoms with E-state index in [2.05, 4.69) is 71.2 Å². The summed E-state index contributed by atoms with van der Waals surface area (Å²) in [5.74, 6) is 0.929. The zero-order valence-electron chi connectivity index (χ0n) is 10.5. The van der Waals surface area contributed by atoms with Crippen molar-refractivity contribution >= 4 is 28.3 Å². The van der Waals surface area contributed by atoms with Crippen LogP contribution in [-0.2, 0) is 6.54 Å². The minimum absolute atomic E-state index is 0.769. The fraction of sp³-hybridized carbons (Fsp3) is 0.200. The molecule has 0 unspecified atom stereocenters. The SMILES string of the molecule is COc1ccc(C)cc1CNc1cccc(I)c1. The number of halogens is 1. The first kappa shape index (κ1) is 13.2. The highest BCUT2D eigenvalue weighted by atomic mass is 127. The van der Waals surface area contributed by atoms with Crippen LogP contribution in [0.3, 0.4) is 0 Å². The summed E-state index contributed by atoms with van der Waals surface area (Å²) in [6, 6.07) is 14.6. The van der Waals surface area contributed by atoms with Crippen molar-refractivity contribution in [1.29, 1.82) is 0 Å². The molecule has 2 rings (SSSR count). The lowest BCUT2D eigenvalue weighted by Gasteiger charge is -2.11. The summed E-state index contributed by atoms with van der Waals surface area (Å²) in [6.07, 6.45) is 0. The number of anilines is 1. The van der Waals surface area contributed by atoms with Crippen LogP contribution in [0.5, 0.6) is 5.75 Å². The minimum atomic E-state index is 0.769. The van der Waals surface area contributed by atoms with Crippen LogP contribution in [0.1, 0.15) is 11.1 Å². The lowest BCUT2D eigenvalue weighted by atomic mass is 10.1. The Bertz CT molecular complexity index is 540. The van der Waals surface area contributed by atoms with E-state index in [0.29, 0.717) is 0 Å². The highest BCUT2D eigenvalue weighted by Crippen LogP contribution is 2.21. The summed E-state index contributed by atoms with van der Waals surface area (Å²) in [5, 5.41) is 3.42. The number of methoxy groups -OCH3 is 1. The Morgan fingerprint density at radius 3 is 2.72 bits per heavy atom. The summed E-state index contributed by atoms with van der Waals surface area (Å²) < 4.78 is 6.60. The summed E-state index contributed by atoms with van der Waals surface area (Å²) in [4.78, 5) is 0. The van der Waals surface area contributed by atoms with E-state index in [4.69, 9.17) is 4.74 Å². The maximum atomic E-state index is 5.37. The van der Waals surface area contributed by atoms with Crippen LogP contribution < -0.4 is 10.1 Å². The molecule has 0 spiro atoms. The van der Waals surface area contributed by atoms with Crippen LogP contribution in [0.2, 0.25) is 0 Å². The molecule has 0 aliphatic carbocycles. The molecule has 0 aliphatic rings. The zero-order chi connectivity index (χ0) is 13.0. The van der Waals surface area contributed by atoms with Gasteiger partial charge in [-0.05, 0) is 53.8 Å². The van der Waals surface area contributed by atoms with E-state index < -0.39 is 0 Å². The summed E-state index contributed by atoms with van der Waals surface area (Å²) in [5.41, 5.74) is 3.55. The zero-order valence-corrected chi connectivity index (χ0v) is 12.7. The molecular formula is C15H16INO. The maximum absolute atomic E-state index is 5.37. The Hall–Kier alpha value is -1.23. The van der Waals surface area contributed by atoms with Gasteiger partial charge in [-0.25, -0.2) is 0 Å².